The molecule has 2 amide bonds. The molecule has 6 heteroatoms. The Morgan fingerprint density at radius 3 is 2.76 bits per heavy atom. The molecule has 0 spiro atoms. The lowest BCUT2D eigenvalue weighted by atomic mass is 9.76. The van der Waals surface area contributed by atoms with Crippen LogP contribution in [0.15, 0.2) is 24.3 Å². The van der Waals surface area contributed by atoms with Crippen LogP contribution in [0.1, 0.15) is 54.3 Å². The first-order chi connectivity index (χ1) is 13.9. The molecule has 2 saturated heterocycles. The second kappa shape index (κ2) is 7.32. The van der Waals surface area contributed by atoms with Gasteiger partial charge in [-0.2, -0.15) is 5.10 Å². The number of fused-ring (bicyclic) bond motifs is 1. The molecule has 1 N–H and O–H groups in total. The van der Waals surface area contributed by atoms with E-state index in [0.29, 0.717) is 25.9 Å². The van der Waals surface area contributed by atoms with E-state index in [9.17, 15) is 9.59 Å². The Kier molecular flexibility index (Phi) is 4.97. The summed E-state index contributed by atoms with van der Waals surface area (Å²) in [6, 6.07) is 8.34. The molecular weight excluding hydrogens is 364 g/mol. The molecule has 2 atom stereocenters. The molecule has 0 unspecified atom stereocenters. The first-order valence-electron chi connectivity index (χ1n) is 10.5. The minimum atomic E-state index is -0.685. The van der Waals surface area contributed by atoms with E-state index in [1.165, 1.54) is 0 Å². The van der Waals surface area contributed by atoms with Crippen molar-refractivity contribution in [2.75, 3.05) is 6.54 Å². The van der Waals surface area contributed by atoms with Gasteiger partial charge in [-0.15, -0.1) is 0 Å². The third-order valence-corrected chi connectivity index (χ3v) is 6.74. The summed E-state index contributed by atoms with van der Waals surface area (Å²) in [7, 11) is 0. The summed E-state index contributed by atoms with van der Waals surface area (Å²) in [6.07, 6.45) is 2.14. The third kappa shape index (κ3) is 3.24. The van der Waals surface area contributed by atoms with Gasteiger partial charge in [-0.25, -0.2) is 0 Å². The number of benzene rings is 1. The predicted molar refractivity (Wildman–Crippen MR) is 111 cm³/mol. The molecule has 0 aliphatic carbocycles. The highest BCUT2D eigenvalue weighted by molar-refractivity contribution is 5.91. The first-order valence-corrected chi connectivity index (χ1v) is 10.5. The van der Waals surface area contributed by atoms with Crippen LogP contribution >= 0.6 is 0 Å². The van der Waals surface area contributed by atoms with Crippen LogP contribution in [0.2, 0.25) is 0 Å². The fourth-order valence-corrected chi connectivity index (χ4v) is 5.06. The van der Waals surface area contributed by atoms with Gasteiger partial charge < -0.3 is 10.2 Å². The summed E-state index contributed by atoms with van der Waals surface area (Å²) in [4.78, 5) is 27.9. The number of carbonyl (C=O) groups excluding carboxylic acids is 2. The molecule has 0 bridgehead atoms. The Bertz CT molecular complexity index is 964. The average Bonchev–Trinajstić information content (AvgIpc) is 3.33. The Morgan fingerprint density at radius 2 is 2.10 bits per heavy atom. The van der Waals surface area contributed by atoms with Crippen molar-refractivity contribution in [2.45, 2.75) is 71.5 Å². The number of carbonyl (C=O) groups is 2. The van der Waals surface area contributed by atoms with Gasteiger partial charge in [-0.05, 0) is 46.1 Å². The van der Waals surface area contributed by atoms with E-state index in [-0.39, 0.29) is 17.9 Å². The smallest absolute Gasteiger partial charge is 0.232 e. The Balaban J connectivity index is 1.63. The van der Waals surface area contributed by atoms with Crippen molar-refractivity contribution in [1.82, 2.24) is 20.0 Å². The minimum absolute atomic E-state index is 0.00773. The van der Waals surface area contributed by atoms with E-state index in [1.807, 2.05) is 48.6 Å². The van der Waals surface area contributed by atoms with Crippen molar-refractivity contribution in [2.24, 2.45) is 0 Å². The standard InChI is InChI=1S/C23H30N4O2/c1-5-27-17(4)20(16(3)25-27)13-24-22(29)23(18-8-6-7-15(2)11-18)12-19-9-10-21(28)26(19)14-23/h6-8,11,19H,5,9-10,12-14H2,1-4H3,(H,24,29)/t19-,23-/m0/s1. The maximum absolute atomic E-state index is 13.6. The molecule has 0 radical (unpaired) electrons. The normalized spacial score (nSPS) is 23.5. The van der Waals surface area contributed by atoms with Crippen molar-refractivity contribution >= 4 is 11.8 Å². The van der Waals surface area contributed by atoms with Gasteiger partial charge in [0.05, 0.1) is 11.1 Å². The highest BCUT2D eigenvalue weighted by atomic mass is 16.2. The fourth-order valence-electron chi connectivity index (χ4n) is 5.06. The number of aromatic nitrogens is 2. The molecule has 2 fully saturated rings. The van der Waals surface area contributed by atoms with Crippen molar-refractivity contribution in [3.05, 3.63) is 52.3 Å². The first kappa shape index (κ1) is 19.7. The minimum Gasteiger partial charge on any atom is -0.351 e. The van der Waals surface area contributed by atoms with Crippen molar-refractivity contribution in [3.63, 3.8) is 0 Å². The zero-order valence-electron chi connectivity index (χ0n) is 17.8. The van der Waals surface area contributed by atoms with Gasteiger partial charge >= 0.3 is 0 Å². The second-order valence-corrected chi connectivity index (χ2v) is 8.52. The van der Waals surface area contributed by atoms with Gasteiger partial charge in [-0.1, -0.05) is 29.8 Å². The lowest BCUT2D eigenvalue weighted by molar-refractivity contribution is -0.129. The molecule has 2 aromatic rings. The van der Waals surface area contributed by atoms with E-state index >= 15 is 0 Å². The highest BCUT2D eigenvalue weighted by Gasteiger charge is 2.53. The summed E-state index contributed by atoms with van der Waals surface area (Å²) in [6.45, 7) is 9.89. The van der Waals surface area contributed by atoms with Gasteiger partial charge in [0.15, 0.2) is 0 Å². The summed E-state index contributed by atoms with van der Waals surface area (Å²) < 4.78 is 1.97. The van der Waals surface area contributed by atoms with Crippen LogP contribution in [-0.2, 0) is 28.1 Å². The van der Waals surface area contributed by atoms with Gasteiger partial charge in [-0.3, -0.25) is 14.3 Å². The topological polar surface area (TPSA) is 67.2 Å². The fraction of sp³-hybridized carbons (Fsp3) is 0.522. The molecule has 29 heavy (non-hydrogen) atoms. The largest absolute Gasteiger partial charge is 0.351 e. The predicted octanol–water partition coefficient (Wildman–Crippen LogP) is 2.78. The number of nitrogens with zero attached hydrogens (tertiary/aromatic N) is 3. The van der Waals surface area contributed by atoms with Crippen LogP contribution in [0.3, 0.4) is 0 Å². The molecule has 1 aromatic heterocycles. The third-order valence-electron chi connectivity index (χ3n) is 6.74. The molecule has 0 saturated carbocycles. The van der Waals surface area contributed by atoms with Crippen LogP contribution in [-0.4, -0.2) is 39.1 Å². The van der Waals surface area contributed by atoms with Crippen molar-refractivity contribution in [3.8, 4) is 0 Å². The monoisotopic (exact) mass is 394 g/mol. The van der Waals surface area contributed by atoms with Crippen LogP contribution in [0.5, 0.6) is 0 Å². The van der Waals surface area contributed by atoms with Gasteiger partial charge in [0, 0.05) is 43.4 Å². The second-order valence-electron chi connectivity index (χ2n) is 8.52. The number of hydrogen-bond donors (Lipinski definition) is 1. The van der Waals surface area contributed by atoms with E-state index < -0.39 is 5.41 Å². The average molecular weight is 395 g/mol. The molecule has 4 rings (SSSR count). The molecule has 154 valence electrons. The number of hydrogen-bond acceptors (Lipinski definition) is 3. The number of amides is 2. The maximum Gasteiger partial charge on any atom is 0.232 e. The summed E-state index contributed by atoms with van der Waals surface area (Å²) in [5.41, 5.74) is 4.58. The highest BCUT2D eigenvalue weighted by Crippen LogP contribution is 2.43. The van der Waals surface area contributed by atoms with Crippen LogP contribution in [0, 0.1) is 20.8 Å². The quantitative estimate of drug-likeness (QED) is 0.848. The molecule has 3 heterocycles. The summed E-state index contributed by atoms with van der Waals surface area (Å²) in [5.74, 6) is 0.182. The Morgan fingerprint density at radius 1 is 1.31 bits per heavy atom. The van der Waals surface area contributed by atoms with E-state index in [4.69, 9.17) is 0 Å². The Hall–Kier alpha value is -2.63. The van der Waals surface area contributed by atoms with Crippen molar-refractivity contribution < 1.29 is 9.59 Å². The molecule has 2 aliphatic heterocycles. The number of aryl methyl sites for hydroxylation is 3. The molecular formula is C23H30N4O2. The molecule has 2 aliphatic rings. The SMILES string of the molecule is CCn1nc(C)c(CNC(=O)[C@@]2(c3cccc(C)c3)C[C@@H]3CCC(=O)N3C2)c1C. The van der Waals surface area contributed by atoms with Crippen molar-refractivity contribution in [1.29, 1.82) is 0 Å². The Labute approximate surface area is 172 Å². The van der Waals surface area contributed by atoms with Crippen LogP contribution in [0.4, 0.5) is 0 Å². The zero-order chi connectivity index (χ0) is 20.8. The van der Waals surface area contributed by atoms with E-state index in [2.05, 4.69) is 23.4 Å². The molecule has 6 nitrogen and oxygen atoms in total. The van der Waals surface area contributed by atoms with Gasteiger partial charge in [0.2, 0.25) is 11.8 Å². The van der Waals surface area contributed by atoms with E-state index in [0.717, 1.165) is 41.0 Å². The number of nitrogens with one attached hydrogen (secondary N) is 1. The van der Waals surface area contributed by atoms with Gasteiger partial charge in [0.25, 0.3) is 0 Å². The summed E-state index contributed by atoms with van der Waals surface area (Å²) in [5, 5.41) is 7.75. The van der Waals surface area contributed by atoms with Gasteiger partial charge in [0.1, 0.15) is 0 Å². The molecule has 1 aromatic carbocycles. The summed E-state index contributed by atoms with van der Waals surface area (Å²) >= 11 is 0. The maximum atomic E-state index is 13.6. The zero-order valence-corrected chi connectivity index (χ0v) is 17.8. The van der Waals surface area contributed by atoms with E-state index in [1.54, 1.807) is 0 Å². The van der Waals surface area contributed by atoms with Crippen LogP contribution in [0.25, 0.3) is 0 Å². The lowest BCUT2D eigenvalue weighted by Gasteiger charge is -2.29. The van der Waals surface area contributed by atoms with Crippen LogP contribution < -0.4 is 5.32 Å². The lowest BCUT2D eigenvalue weighted by Crippen LogP contribution is -2.47. The number of rotatable bonds is 5.